The van der Waals surface area contributed by atoms with E-state index in [1.807, 2.05) is 19.1 Å². The van der Waals surface area contributed by atoms with Crippen LogP contribution < -0.4 is 20.1 Å². The highest BCUT2D eigenvalue weighted by atomic mass is 127. The summed E-state index contributed by atoms with van der Waals surface area (Å²) in [6, 6.07) is 6.04. The van der Waals surface area contributed by atoms with E-state index in [0.29, 0.717) is 43.8 Å². The molecule has 0 amide bonds. The van der Waals surface area contributed by atoms with Gasteiger partial charge >= 0.3 is 5.97 Å². The van der Waals surface area contributed by atoms with Gasteiger partial charge in [-0.1, -0.05) is 6.07 Å². The number of halogens is 1. The van der Waals surface area contributed by atoms with Crippen molar-refractivity contribution in [2.24, 2.45) is 4.99 Å². The lowest BCUT2D eigenvalue weighted by atomic mass is 10.0. The molecule has 1 aromatic carbocycles. The van der Waals surface area contributed by atoms with E-state index in [4.69, 9.17) is 19.2 Å². The topological polar surface area (TPSA) is 93.7 Å². The first-order chi connectivity index (χ1) is 14.6. The number of hydrogen-bond acceptors (Lipinski definition) is 7. The molecule has 1 fully saturated rings. The average molecular weight is 550 g/mol. The van der Waals surface area contributed by atoms with Gasteiger partial charge in [0.15, 0.2) is 17.5 Å². The first-order valence-corrected chi connectivity index (χ1v) is 10.3. The van der Waals surface area contributed by atoms with Crippen LogP contribution in [-0.4, -0.2) is 84.1 Å². The molecule has 31 heavy (non-hydrogen) atoms. The molecule has 0 aliphatic carbocycles. The molecule has 1 unspecified atom stereocenters. The van der Waals surface area contributed by atoms with Crippen LogP contribution in [0.1, 0.15) is 24.9 Å². The van der Waals surface area contributed by atoms with Crippen LogP contribution >= 0.6 is 24.0 Å². The van der Waals surface area contributed by atoms with Crippen LogP contribution in [-0.2, 0) is 14.3 Å². The largest absolute Gasteiger partial charge is 0.493 e. The van der Waals surface area contributed by atoms with Gasteiger partial charge in [-0.15, -0.1) is 24.0 Å². The number of guanidine groups is 1. The summed E-state index contributed by atoms with van der Waals surface area (Å²) in [5.41, 5.74) is 1.10. The van der Waals surface area contributed by atoms with Crippen LogP contribution in [0, 0.1) is 0 Å². The van der Waals surface area contributed by atoms with Gasteiger partial charge in [-0.05, 0) is 24.6 Å². The number of aliphatic imine (C=N–C) groups is 1. The Bertz CT molecular complexity index is 698. The predicted molar refractivity (Wildman–Crippen MR) is 131 cm³/mol. The van der Waals surface area contributed by atoms with Crippen molar-refractivity contribution in [3.63, 3.8) is 0 Å². The second-order valence-corrected chi connectivity index (χ2v) is 6.75. The number of methoxy groups -OCH3 is 3. The molecule has 1 atom stereocenters. The molecule has 176 valence electrons. The van der Waals surface area contributed by atoms with Gasteiger partial charge in [0, 0.05) is 26.2 Å². The second-order valence-electron chi connectivity index (χ2n) is 6.75. The fourth-order valence-corrected chi connectivity index (χ4v) is 3.29. The van der Waals surface area contributed by atoms with Crippen molar-refractivity contribution in [1.29, 1.82) is 0 Å². The lowest BCUT2D eigenvalue weighted by molar-refractivity contribution is -0.140. The van der Waals surface area contributed by atoms with Gasteiger partial charge in [0.05, 0.1) is 53.6 Å². The minimum Gasteiger partial charge on any atom is -0.493 e. The van der Waals surface area contributed by atoms with Crippen molar-refractivity contribution >= 4 is 35.9 Å². The van der Waals surface area contributed by atoms with Crippen LogP contribution in [0.3, 0.4) is 0 Å². The molecule has 1 aliphatic heterocycles. The van der Waals surface area contributed by atoms with Gasteiger partial charge in [0.1, 0.15) is 0 Å². The number of esters is 1. The standard InChI is InChI=1S/C21H34N4O5.HI/c1-5-22-21(23-9-8-20(26)29-4)24-15-17(25-10-12-30-13-11-25)16-6-7-18(27-2)19(14-16)28-3;/h6-7,14,17H,5,8-13,15H2,1-4H3,(H2,22,23,24);1H. The Kier molecular flexibility index (Phi) is 13.3. The maximum Gasteiger partial charge on any atom is 0.307 e. The van der Waals surface area contributed by atoms with E-state index in [-0.39, 0.29) is 42.4 Å². The number of nitrogens with zero attached hydrogens (tertiary/aromatic N) is 2. The van der Waals surface area contributed by atoms with E-state index in [9.17, 15) is 4.79 Å². The molecule has 1 saturated heterocycles. The number of rotatable bonds is 10. The Hall–Kier alpha value is -1.79. The molecule has 2 N–H and O–H groups in total. The Morgan fingerprint density at radius 3 is 2.48 bits per heavy atom. The Balaban J connectivity index is 0.00000480. The quantitative estimate of drug-likeness (QED) is 0.197. The summed E-state index contributed by atoms with van der Waals surface area (Å²) in [6.45, 7) is 6.80. The van der Waals surface area contributed by atoms with Gasteiger partial charge in [-0.2, -0.15) is 0 Å². The van der Waals surface area contributed by atoms with Crippen LogP contribution in [0.4, 0.5) is 0 Å². The van der Waals surface area contributed by atoms with Gasteiger partial charge < -0.3 is 29.6 Å². The van der Waals surface area contributed by atoms with E-state index in [0.717, 1.165) is 25.2 Å². The zero-order valence-electron chi connectivity index (χ0n) is 18.8. The van der Waals surface area contributed by atoms with Crippen molar-refractivity contribution in [1.82, 2.24) is 15.5 Å². The van der Waals surface area contributed by atoms with Crippen molar-refractivity contribution in [3.8, 4) is 11.5 Å². The summed E-state index contributed by atoms with van der Waals surface area (Å²) in [6.07, 6.45) is 0.281. The van der Waals surface area contributed by atoms with Crippen molar-refractivity contribution in [2.45, 2.75) is 19.4 Å². The first-order valence-electron chi connectivity index (χ1n) is 10.3. The number of ether oxygens (including phenoxy) is 4. The molecule has 10 heteroatoms. The second kappa shape index (κ2) is 15.1. The Morgan fingerprint density at radius 1 is 1.16 bits per heavy atom. The highest BCUT2D eigenvalue weighted by Crippen LogP contribution is 2.32. The van der Waals surface area contributed by atoms with E-state index in [2.05, 4.69) is 26.3 Å². The van der Waals surface area contributed by atoms with Gasteiger partial charge in [-0.3, -0.25) is 14.7 Å². The fourth-order valence-electron chi connectivity index (χ4n) is 3.29. The molecule has 2 rings (SSSR count). The van der Waals surface area contributed by atoms with Crippen LogP contribution in [0.25, 0.3) is 0 Å². The maximum absolute atomic E-state index is 11.4. The molecule has 9 nitrogen and oxygen atoms in total. The minimum atomic E-state index is -0.255. The molecule has 0 bridgehead atoms. The predicted octanol–water partition coefficient (Wildman–Crippen LogP) is 1.81. The first kappa shape index (κ1) is 27.2. The molecular weight excluding hydrogens is 515 g/mol. The third-order valence-electron chi connectivity index (χ3n) is 4.89. The van der Waals surface area contributed by atoms with Gasteiger partial charge in [0.2, 0.25) is 0 Å². The van der Waals surface area contributed by atoms with E-state index < -0.39 is 0 Å². The number of morpholine rings is 1. The van der Waals surface area contributed by atoms with Gasteiger partial charge in [0.25, 0.3) is 0 Å². The van der Waals surface area contributed by atoms with Crippen LogP contribution in [0.2, 0.25) is 0 Å². The highest BCUT2D eigenvalue weighted by molar-refractivity contribution is 14.0. The summed E-state index contributed by atoms with van der Waals surface area (Å²) >= 11 is 0. The molecule has 0 aromatic heterocycles. The van der Waals surface area contributed by atoms with Crippen LogP contribution in [0.5, 0.6) is 11.5 Å². The van der Waals surface area contributed by atoms with Gasteiger partial charge in [-0.25, -0.2) is 0 Å². The summed E-state index contributed by atoms with van der Waals surface area (Å²) in [4.78, 5) is 18.5. The molecule has 1 aromatic rings. The Labute approximate surface area is 201 Å². The average Bonchev–Trinajstić information content (AvgIpc) is 2.79. The summed E-state index contributed by atoms with van der Waals surface area (Å²) in [5.74, 6) is 1.80. The molecule has 0 spiro atoms. The Morgan fingerprint density at radius 2 is 1.87 bits per heavy atom. The third kappa shape index (κ3) is 8.69. The lowest BCUT2D eigenvalue weighted by Crippen LogP contribution is -2.42. The number of carbonyl (C=O) groups excluding carboxylic acids is 1. The molecule has 1 aliphatic rings. The third-order valence-corrected chi connectivity index (χ3v) is 4.89. The molecule has 0 radical (unpaired) electrons. The zero-order valence-corrected chi connectivity index (χ0v) is 21.1. The monoisotopic (exact) mass is 550 g/mol. The van der Waals surface area contributed by atoms with Crippen molar-refractivity contribution in [2.75, 3.05) is 67.3 Å². The normalized spacial score (nSPS) is 15.4. The summed E-state index contributed by atoms with van der Waals surface area (Å²) in [7, 11) is 4.65. The number of benzene rings is 1. The molecule has 1 heterocycles. The molecular formula is C21H35IN4O5. The highest BCUT2D eigenvalue weighted by Gasteiger charge is 2.24. The van der Waals surface area contributed by atoms with Crippen molar-refractivity contribution in [3.05, 3.63) is 23.8 Å². The van der Waals surface area contributed by atoms with E-state index in [1.165, 1.54) is 7.11 Å². The zero-order chi connectivity index (χ0) is 21.8. The number of hydrogen-bond donors (Lipinski definition) is 2. The molecule has 0 saturated carbocycles. The van der Waals surface area contributed by atoms with Crippen LogP contribution in [0.15, 0.2) is 23.2 Å². The SMILES string of the molecule is CCNC(=NCC(c1ccc(OC)c(OC)c1)N1CCOCC1)NCCC(=O)OC.I. The summed E-state index contributed by atoms with van der Waals surface area (Å²) in [5, 5.41) is 6.41. The lowest BCUT2D eigenvalue weighted by Gasteiger charge is -2.34. The van der Waals surface area contributed by atoms with E-state index in [1.54, 1.807) is 14.2 Å². The van der Waals surface area contributed by atoms with Crippen molar-refractivity contribution < 1.29 is 23.7 Å². The summed E-state index contributed by atoms with van der Waals surface area (Å²) < 4.78 is 21.1. The number of nitrogens with one attached hydrogen (secondary N) is 2. The minimum absolute atomic E-state index is 0. The fraction of sp³-hybridized carbons (Fsp3) is 0.619. The van der Waals surface area contributed by atoms with E-state index >= 15 is 0 Å². The number of carbonyl (C=O) groups is 1. The smallest absolute Gasteiger partial charge is 0.307 e. The maximum atomic E-state index is 11.4.